The summed E-state index contributed by atoms with van der Waals surface area (Å²) in [5.74, 6) is 0.735. The van der Waals surface area contributed by atoms with Gasteiger partial charge >= 0.3 is 6.03 Å². The van der Waals surface area contributed by atoms with E-state index < -0.39 is 27.5 Å². The Balaban J connectivity index is 1.25. The summed E-state index contributed by atoms with van der Waals surface area (Å²) in [7, 11) is 1.42. The Kier molecular flexibility index (Phi) is 10.5. The topological polar surface area (TPSA) is 119 Å². The fourth-order valence-electron chi connectivity index (χ4n) is 9.06. The van der Waals surface area contributed by atoms with Crippen LogP contribution < -0.4 is 14.4 Å². The summed E-state index contributed by atoms with van der Waals surface area (Å²) >= 11 is 0. The van der Waals surface area contributed by atoms with Gasteiger partial charge < -0.3 is 28.7 Å². The molecule has 1 unspecified atom stereocenters. The van der Waals surface area contributed by atoms with Crippen LogP contribution in [0.15, 0.2) is 52.9 Å². The maximum absolute atomic E-state index is 14.6. The molecule has 3 heterocycles. The third-order valence-electron chi connectivity index (χ3n) is 12.0. The van der Waals surface area contributed by atoms with Gasteiger partial charge in [0.05, 0.1) is 43.8 Å². The molecule has 2 aromatic rings. The van der Waals surface area contributed by atoms with Crippen LogP contribution >= 0.6 is 0 Å². The number of nitrogens with one attached hydrogen (secondary N) is 1. The number of amides is 3. The zero-order valence-electron chi connectivity index (χ0n) is 31.2. The molecule has 0 aromatic heterocycles. The number of hydrogen-bond donors (Lipinski definition) is 1. The fourth-order valence-corrected chi connectivity index (χ4v) is 10.9. The molecule has 3 aliphatic heterocycles. The Morgan fingerprint density at radius 1 is 1.12 bits per heavy atom. The highest BCUT2D eigenvalue weighted by molar-refractivity contribution is 7.92. The van der Waals surface area contributed by atoms with Crippen LogP contribution in [0, 0.1) is 24.7 Å². The first-order valence-corrected chi connectivity index (χ1v) is 20.4. The van der Waals surface area contributed by atoms with Crippen LogP contribution in [0.5, 0.6) is 5.75 Å². The number of allylic oxidation sites excluding steroid dienone is 1. The van der Waals surface area contributed by atoms with Crippen molar-refractivity contribution >= 4 is 27.5 Å². The van der Waals surface area contributed by atoms with Gasteiger partial charge in [0.1, 0.15) is 21.3 Å². The lowest BCUT2D eigenvalue weighted by Crippen LogP contribution is -2.68. The number of anilines is 1. The minimum absolute atomic E-state index is 0.0153. The molecule has 1 spiro atoms. The molecule has 2 fully saturated rings. The van der Waals surface area contributed by atoms with Gasteiger partial charge in [-0.25, -0.2) is 9.00 Å². The van der Waals surface area contributed by atoms with Crippen LogP contribution in [0.1, 0.15) is 66.1 Å². The lowest BCUT2D eigenvalue weighted by Gasteiger charge is -2.48. The van der Waals surface area contributed by atoms with Crippen molar-refractivity contribution in [1.29, 1.82) is 0 Å². The predicted molar refractivity (Wildman–Crippen MR) is 201 cm³/mol. The van der Waals surface area contributed by atoms with E-state index in [2.05, 4.69) is 51.3 Å². The number of carbonyl (C=O) groups excluding carboxylic acids is 2. The quantitative estimate of drug-likeness (QED) is 0.390. The molecule has 282 valence electrons. The van der Waals surface area contributed by atoms with Gasteiger partial charge in [-0.2, -0.15) is 0 Å². The van der Waals surface area contributed by atoms with Gasteiger partial charge in [-0.05, 0) is 92.5 Å². The van der Waals surface area contributed by atoms with Crippen molar-refractivity contribution in [3.63, 3.8) is 0 Å². The lowest BCUT2D eigenvalue weighted by molar-refractivity contribution is -0.138. The van der Waals surface area contributed by atoms with Gasteiger partial charge in [0.25, 0.3) is 5.91 Å². The van der Waals surface area contributed by atoms with Crippen molar-refractivity contribution in [3.05, 3.63) is 70.8 Å². The lowest BCUT2D eigenvalue weighted by atomic mass is 9.68. The number of benzene rings is 2. The van der Waals surface area contributed by atoms with Gasteiger partial charge in [-0.15, -0.1) is 4.36 Å². The second-order valence-electron chi connectivity index (χ2n) is 15.9. The van der Waals surface area contributed by atoms with Crippen molar-refractivity contribution in [1.82, 2.24) is 9.62 Å². The summed E-state index contributed by atoms with van der Waals surface area (Å²) in [4.78, 5) is 31.4. The Bertz CT molecular complexity index is 1830. The minimum Gasteiger partial charge on any atom is -0.490 e. The van der Waals surface area contributed by atoms with Crippen molar-refractivity contribution in [3.8, 4) is 5.75 Å². The average molecular weight is 735 g/mol. The maximum Gasteiger partial charge on any atom is 0.330 e. The zero-order chi connectivity index (χ0) is 36.7. The molecule has 2 aliphatic carbocycles. The number of fused-ring (bicyclic) bond motifs is 4. The Morgan fingerprint density at radius 2 is 1.94 bits per heavy atom. The second-order valence-corrected chi connectivity index (χ2v) is 17.9. The van der Waals surface area contributed by atoms with E-state index in [1.165, 1.54) is 21.6 Å². The highest BCUT2D eigenvalue weighted by atomic mass is 32.2. The first kappa shape index (κ1) is 36.9. The Morgan fingerprint density at radius 3 is 2.67 bits per heavy atom. The number of likely N-dealkylation sites (tertiary alicyclic amines) is 1. The Labute approximate surface area is 308 Å². The van der Waals surface area contributed by atoms with E-state index in [-0.39, 0.29) is 36.3 Å². The largest absolute Gasteiger partial charge is 0.490 e. The number of ether oxygens (including phenoxy) is 4. The zero-order valence-corrected chi connectivity index (χ0v) is 32.0. The van der Waals surface area contributed by atoms with E-state index in [0.29, 0.717) is 37.0 Å². The molecule has 5 aliphatic rings. The molecule has 0 radical (unpaired) electrons. The molecule has 52 heavy (non-hydrogen) atoms. The van der Waals surface area contributed by atoms with E-state index in [4.69, 9.17) is 18.9 Å². The number of methoxy groups -OCH3 is 3. The van der Waals surface area contributed by atoms with Crippen LogP contribution in [0.25, 0.3) is 0 Å². The number of carbonyl (C=O) groups is 2. The molecule has 2 bridgehead atoms. The predicted octanol–water partition coefficient (Wildman–Crippen LogP) is 5.69. The summed E-state index contributed by atoms with van der Waals surface area (Å²) < 4.78 is 45.2. The molecule has 1 saturated heterocycles. The normalized spacial score (nSPS) is 31.8. The molecule has 1 N–H and O–H groups in total. The van der Waals surface area contributed by atoms with Gasteiger partial charge in [0.2, 0.25) is 0 Å². The van der Waals surface area contributed by atoms with Crippen molar-refractivity contribution < 1.29 is 32.7 Å². The molecule has 11 nitrogen and oxygen atoms in total. The van der Waals surface area contributed by atoms with E-state index in [1.807, 2.05) is 19.1 Å². The first-order valence-electron chi connectivity index (χ1n) is 18.7. The SMILES string of the molecule is COCC1(OC)CN(C(=O)NS2(=O)=NC(=O)c3ccc4c(c3)N(C[C@@H]3CC[C@H]3[C@@H](OC)/C=C/C[C@H](C)C2)C[C@@]2(CCCc3cc(C)ccc32)CO4)C1. The summed E-state index contributed by atoms with van der Waals surface area (Å²) in [6, 6.07) is 11.7. The molecular weight excluding hydrogens is 681 g/mol. The maximum atomic E-state index is 14.6. The second kappa shape index (κ2) is 14.8. The Hall–Kier alpha value is -3.45. The number of urea groups is 1. The summed E-state index contributed by atoms with van der Waals surface area (Å²) in [5.41, 5.74) is 4.35. The van der Waals surface area contributed by atoms with Crippen LogP contribution in [0.2, 0.25) is 0 Å². The third-order valence-corrected chi connectivity index (χ3v) is 14.0. The summed E-state index contributed by atoms with van der Waals surface area (Å²) in [6.45, 7) is 7.10. The van der Waals surface area contributed by atoms with Crippen LogP contribution in [0.3, 0.4) is 0 Å². The summed E-state index contributed by atoms with van der Waals surface area (Å²) in [5, 5.41) is 0. The standard InChI is InChI=1S/C40H54N4O7S/c1-27-11-15-33-29(18-27)9-7-17-39(33)22-43-20-31-12-14-32(31)35(49-4)10-6-8-28(2)21-52(47,42-38(46)44-23-40(24-44,50-5)26-48-3)41-37(45)30-13-16-36(51-25-39)34(43)19-30/h6,10-11,13,15-16,18-19,28,31-32,35H,7-9,12,14,17,20-26H2,1-5H3,(H,41,42,45,46,47)/b10-6+/t28-,31-,32+,35-,39-,52?/m0/s1. The molecular formula is C40H54N4O7S. The van der Waals surface area contributed by atoms with E-state index in [0.717, 1.165) is 56.6 Å². The fraction of sp³-hybridized carbons (Fsp3) is 0.600. The highest BCUT2D eigenvalue weighted by Crippen LogP contribution is 2.47. The van der Waals surface area contributed by atoms with Crippen LogP contribution in [-0.4, -0.2) is 99.2 Å². The smallest absolute Gasteiger partial charge is 0.330 e. The number of hydrogen-bond acceptors (Lipinski definition) is 8. The van der Waals surface area contributed by atoms with Crippen LogP contribution in [-0.2, 0) is 36.0 Å². The van der Waals surface area contributed by atoms with E-state index in [9.17, 15) is 13.8 Å². The molecule has 2 aromatic carbocycles. The molecule has 6 atom stereocenters. The van der Waals surface area contributed by atoms with Crippen LogP contribution in [0.4, 0.5) is 10.5 Å². The molecule has 3 amide bonds. The van der Waals surface area contributed by atoms with Gasteiger partial charge in [-0.1, -0.05) is 42.8 Å². The highest BCUT2D eigenvalue weighted by Gasteiger charge is 2.47. The van der Waals surface area contributed by atoms with Crippen molar-refractivity contribution in [2.75, 3.05) is 71.4 Å². The van der Waals surface area contributed by atoms with Crippen molar-refractivity contribution in [2.24, 2.45) is 22.1 Å². The monoisotopic (exact) mass is 734 g/mol. The molecule has 12 heteroatoms. The van der Waals surface area contributed by atoms with Crippen molar-refractivity contribution in [2.45, 2.75) is 69.5 Å². The third kappa shape index (κ3) is 7.23. The number of aryl methyl sites for hydroxylation is 2. The summed E-state index contributed by atoms with van der Waals surface area (Å²) in [6.07, 6.45) is 10.1. The first-order chi connectivity index (χ1) is 25.0. The van der Waals surface area contributed by atoms with Gasteiger partial charge in [0.15, 0.2) is 0 Å². The van der Waals surface area contributed by atoms with Gasteiger partial charge in [0, 0.05) is 45.4 Å². The van der Waals surface area contributed by atoms with E-state index in [1.54, 1.807) is 27.4 Å². The number of nitrogens with zero attached hydrogens (tertiary/aromatic N) is 3. The average Bonchev–Trinajstić information content (AvgIpc) is 3.23. The molecule has 1 saturated carbocycles. The van der Waals surface area contributed by atoms with Gasteiger partial charge in [-0.3, -0.25) is 9.52 Å². The van der Waals surface area contributed by atoms with E-state index >= 15 is 0 Å². The number of rotatable bonds is 5. The minimum atomic E-state index is -3.52. The molecule has 7 rings (SSSR count).